The fourth-order valence-electron chi connectivity index (χ4n) is 1.67. The van der Waals surface area contributed by atoms with Crippen LogP contribution in [0.3, 0.4) is 0 Å². The van der Waals surface area contributed by atoms with Gasteiger partial charge < -0.3 is 5.32 Å². The minimum absolute atomic E-state index is 0.151. The first-order valence-corrected chi connectivity index (χ1v) is 6.38. The number of nitrogens with one attached hydrogen (secondary N) is 1. The lowest BCUT2D eigenvalue weighted by Crippen LogP contribution is -2.32. The van der Waals surface area contributed by atoms with Crippen molar-refractivity contribution in [3.05, 3.63) is 34.9 Å². The van der Waals surface area contributed by atoms with E-state index in [-0.39, 0.29) is 11.9 Å². The second-order valence-corrected chi connectivity index (χ2v) is 4.80. The lowest BCUT2D eigenvalue weighted by atomic mass is 10.0. The standard InChI is InChI=1S/C15H23NO/c1-5-13(4)16-15(17)9-8-14-7-6-11(2)12(3)10-14/h6-7,10,13H,5,8-9H2,1-4H3,(H,16,17)/t13-/m0/s1. The van der Waals surface area contributed by atoms with Crippen LogP contribution < -0.4 is 5.32 Å². The van der Waals surface area contributed by atoms with Gasteiger partial charge in [0.2, 0.25) is 5.91 Å². The summed E-state index contributed by atoms with van der Waals surface area (Å²) in [6.45, 7) is 8.33. The van der Waals surface area contributed by atoms with Crippen LogP contribution in [0.1, 0.15) is 43.4 Å². The molecule has 0 spiro atoms. The molecule has 0 fully saturated rings. The molecule has 1 aromatic carbocycles. The van der Waals surface area contributed by atoms with Crippen LogP contribution in [-0.4, -0.2) is 11.9 Å². The summed E-state index contributed by atoms with van der Waals surface area (Å²) in [6.07, 6.45) is 2.38. The van der Waals surface area contributed by atoms with Crippen molar-refractivity contribution >= 4 is 5.91 Å². The van der Waals surface area contributed by atoms with Gasteiger partial charge >= 0.3 is 0 Å². The maximum atomic E-state index is 11.6. The van der Waals surface area contributed by atoms with E-state index in [2.05, 4.69) is 44.3 Å². The first-order chi connectivity index (χ1) is 8.02. The van der Waals surface area contributed by atoms with E-state index < -0.39 is 0 Å². The van der Waals surface area contributed by atoms with Gasteiger partial charge in [-0.2, -0.15) is 0 Å². The summed E-state index contributed by atoms with van der Waals surface area (Å²) in [5, 5.41) is 2.99. The molecule has 0 saturated heterocycles. The van der Waals surface area contributed by atoms with Gasteiger partial charge in [0.1, 0.15) is 0 Å². The third-order valence-electron chi connectivity index (χ3n) is 3.23. The zero-order valence-electron chi connectivity index (χ0n) is 11.3. The van der Waals surface area contributed by atoms with E-state index in [0.29, 0.717) is 6.42 Å². The average Bonchev–Trinajstić information content (AvgIpc) is 2.30. The summed E-state index contributed by atoms with van der Waals surface area (Å²) in [6, 6.07) is 6.68. The molecule has 0 bridgehead atoms. The summed E-state index contributed by atoms with van der Waals surface area (Å²) >= 11 is 0. The van der Waals surface area contributed by atoms with Crippen molar-refractivity contribution in [2.45, 2.75) is 53.0 Å². The largest absolute Gasteiger partial charge is 0.354 e. The Morgan fingerprint density at radius 3 is 2.59 bits per heavy atom. The predicted octanol–water partition coefficient (Wildman–Crippen LogP) is 3.15. The van der Waals surface area contributed by atoms with E-state index in [9.17, 15) is 4.79 Å². The molecule has 0 aliphatic rings. The molecular weight excluding hydrogens is 210 g/mol. The Labute approximate surface area is 104 Å². The van der Waals surface area contributed by atoms with E-state index in [1.807, 2.05) is 6.92 Å². The van der Waals surface area contributed by atoms with Crippen LogP contribution in [0, 0.1) is 13.8 Å². The zero-order valence-corrected chi connectivity index (χ0v) is 11.3. The highest BCUT2D eigenvalue weighted by atomic mass is 16.1. The molecule has 0 radical (unpaired) electrons. The average molecular weight is 233 g/mol. The second-order valence-electron chi connectivity index (χ2n) is 4.80. The van der Waals surface area contributed by atoms with Crippen LogP contribution in [-0.2, 0) is 11.2 Å². The molecule has 1 N–H and O–H groups in total. The van der Waals surface area contributed by atoms with Crippen LogP contribution in [0.5, 0.6) is 0 Å². The van der Waals surface area contributed by atoms with Crippen LogP contribution in [0.15, 0.2) is 18.2 Å². The molecule has 0 aliphatic carbocycles. The van der Waals surface area contributed by atoms with Gasteiger partial charge in [-0.3, -0.25) is 4.79 Å². The first-order valence-electron chi connectivity index (χ1n) is 6.38. The van der Waals surface area contributed by atoms with E-state index in [1.165, 1.54) is 16.7 Å². The third kappa shape index (κ3) is 4.59. The molecule has 0 saturated carbocycles. The minimum Gasteiger partial charge on any atom is -0.354 e. The molecule has 1 atom stereocenters. The topological polar surface area (TPSA) is 29.1 Å². The SMILES string of the molecule is CC[C@H](C)NC(=O)CCc1ccc(C)c(C)c1. The van der Waals surface area contributed by atoms with Crippen molar-refractivity contribution in [1.29, 1.82) is 0 Å². The Hall–Kier alpha value is -1.31. The smallest absolute Gasteiger partial charge is 0.220 e. The number of carbonyl (C=O) groups excluding carboxylic acids is 1. The zero-order chi connectivity index (χ0) is 12.8. The minimum atomic E-state index is 0.151. The Bertz CT molecular complexity index is 385. The second kappa shape index (κ2) is 6.43. The Morgan fingerprint density at radius 1 is 1.29 bits per heavy atom. The molecule has 2 heteroatoms. The van der Waals surface area contributed by atoms with Gasteiger partial charge in [-0.05, 0) is 50.3 Å². The molecule has 94 valence electrons. The van der Waals surface area contributed by atoms with Gasteiger partial charge in [0, 0.05) is 12.5 Å². The lowest BCUT2D eigenvalue weighted by molar-refractivity contribution is -0.121. The third-order valence-corrected chi connectivity index (χ3v) is 3.23. The summed E-state index contributed by atoms with van der Waals surface area (Å²) in [7, 11) is 0. The highest BCUT2D eigenvalue weighted by molar-refractivity contribution is 5.76. The van der Waals surface area contributed by atoms with Crippen molar-refractivity contribution in [2.24, 2.45) is 0 Å². The molecule has 1 aromatic rings. The van der Waals surface area contributed by atoms with E-state index >= 15 is 0 Å². The maximum Gasteiger partial charge on any atom is 0.220 e. The van der Waals surface area contributed by atoms with Crippen LogP contribution in [0.4, 0.5) is 0 Å². The van der Waals surface area contributed by atoms with Gasteiger partial charge in [0.05, 0.1) is 0 Å². The van der Waals surface area contributed by atoms with Crippen molar-refractivity contribution in [2.75, 3.05) is 0 Å². The van der Waals surface area contributed by atoms with Crippen LogP contribution in [0.2, 0.25) is 0 Å². The first kappa shape index (κ1) is 13.8. The van der Waals surface area contributed by atoms with Crippen molar-refractivity contribution < 1.29 is 4.79 Å². The molecular formula is C15H23NO. The van der Waals surface area contributed by atoms with Gasteiger partial charge in [-0.15, -0.1) is 0 Å². The molecule has 0 aliphatic heterocycles. The highest BCUT2D eigenvalue weighted by Gasteiger charge is 2.05. The summed E-state index contributed by atoms with van der Waals surface area (Å²) in [5.74, 6) is 0.151. The summed E-state index contributed by atoms with van der Waals surface area (Å²) < 4.78 is 0. The fraction of sp³-hybridized carbons (Fsp3) is 0.533. The van der Waals surface area contributed by atoms with Crippen LogP contribution in [0.25, 0.3) is 0 Å². The van der Waals surface area contributed by atoms with Crippen LogP contribution >= 0.6 is 0 Å². The maximum absolute atomic E-state index is 11.6. The monoisotopic (exact) mass is 233 g/mol. The number of carbonyl (C=O) groups is 1. The predicted molar refractivity (Wildman–Crippen MR) is 72.1 cm³/mol. The quantitative estimate of drug-likeness (QED) is 0.831. The number of hydrogen-bond donors (Lipinski definition) is 1. The molecule has 2 nitrogen and oxygen atoms in total. The van der Waals surface area contributed by atoms with Gasteiger partial charge in [-0.1, -0.05) is 25.1 Å². The Balaban J connectivity index is 2.45. The number of rotatable bonds is 5. The van der Waals surface area contributed by atoms with Gasteiger partial charge in [0.25, 0.3) is 0 Å². The summed E-state index contributed by atoms with van der Waals surface area (Å²) in [5.41, 5.74) is 3.84. The number of benzene rings is 1. The summed E-state index contributed by atoms with van der Waals surface area (Å²) in [4.78, 5) is 11.6. The molecule has 17 heavy (non-hydrogen) atoms. The van der Waals surface area contributed by atoms with Gasteiger partial charge in [0.15, 0.2) is 0 Å². The van der Waals surface area contributed by atoms with E-state index in [4.69, 9.17) is 0 Å². The lowest BCUT2D eigenvalue weighted by Gasteiger charge is -2.11. The van der Waals surface area contributed by atoms with E-state index in [0.717, 1.165) is 12.8 Å². The highest BCUT2D eigenvalue weighted by Crippen LogP contribution is 2.11. The number of aryl methyl sites for hydroxylation is 3. The van der Waals surface area contributed by atoms with Gasteiger partial charge in [-0.25, -0.2) is 0 Å². The molecule has 0 heterocycles. The molecule has 1 amide bonds. The Kier molecular flexibility index (Phi) is 5.20. The van der Waals surface area contributed by atoms with Crippen molar-refractivity contribution in [3.63, 3.8) is 0 Å². The number of amides is 1. The molecule has 0 aromatic heterocycles. The molecule has 1 rings (SSSR count). The van der Waals surface area contributed by atoms with Crippen molar-refractivity contribution in [3.8, 4) is 0 Å². The molecule has 0 unspecified atom stereocenters. The normalized spacial score (nSPS) is 12.2. The van der Waals surface area contributed by atoms with Crippen molar-refractivity contribution in [1.82, 2.24) is 5.32 Å². The van der Waals surface area contributed by atoms with E-state index in [1.54, 1.807) is 0 Å². The number of hydrogen-bond acceptors (Lipinski definition) is 1. The fourth-order valence-corrected chi connectivity index (χ4v) is 1.67. The Morgan fingerprint density at radius 2 is 2.00 bits per heavy atom.